The lowest BCUT2D eigenvalue weighted by atomic mass is 9.86. The molecule has 1 fully saturated rings. The van der Waals surface area contributed by atoms with Crippen LogP contribution in [0, 0.1) is 11.3 Å². The Hall–Kier alpha value is -0.570. The number of nitrogens with two attached hydrogens (primary N) is 1. The third-order valence-corrected chi connectivity index (χ3v) is 3.37. The van der Waals surface area contributed by atoms with Gasteiger partial charge in [-0.1, -0.05) is 34.1 Å². The fraction of sp³-hybridized carbons (Fsp3) is 0.917. The van der Waals surface area contributed by atoms with E-state index in [9.17, 15) is 4.79 Å². The molecule has 0 aromatic carbocycles. The Labute approximate surface area is 93.0 Å². The average Bonchev–Trinajstić information content (AvgIpc) is 2.62. The van der Waals surface area contributed by atoms with Crippen LogP contribution < -0.4 is 5.73 Å². The van der Waals surface area contributed by atoms with Crippen molar-refractivity contribution in [2.75, 3.05) is 13.1 Å². The van der Waals surface area contributed by atoms with Crippen LogP contribution >= 0.6 is 0 Å². The molecule has 1 rings (SSSR count). The zero-order valence-electron chi connectivity index (χ0n) is 10.4. The Kier molecular flexibility index (Phi) is 3.77. The number of likely N-dealkylation sites (tertiary alicyclic amines) is 1. The third-order valence-electron chi connectivity index (χ3n) is 3.37. The van der Waals surface area contributed by atoms with Crippen LogP contribution in [0.3, 0.4) is 0 Å². The predicted octanol–water partition coefficient (Wildman–Crippen LogP) is 1.62. The van der Waals surface area contributed by atoms with Crippen molar-refractivity contribution >= 4 is 5.91 Å². The minimum atomic E-state index is -0.367. The summed E-state index contributed by atoms with van der Waals surface area (Å²) in [6, 6.07) is -0.367. The average molecular weight is 212 g/mol. The van der Waals surface area contributed by atoms with E-state index in [1.54, 1.807) is 0 Å². The van der Waals surface area contributed by atoms with Crippen LogP contribution in [0.15, 0.2) is 0 Å². The first-order valence-corrected chi connectivity index (χ1v) is 5.90. The molecular weight excluding hydrogens is 188 g/mol. The molecule has 3 nitrogen and oxygen atoms in total. The molecule has 3 heteroatoms. The molecular formula is C12H24N2O. The summed E-state index contributed by atoms with van der Waals surface area (Å²) in [6.07, 6.45) is 2.30. The summed E-state index contributed by atoms with van der Waals surface area (Å²) in [7, 11) is 0. The molecule has 1 aliphatic heterocycles. The summed E-state index contributed by atoms with van der Waals surface area (Å²) in [5.41, 5.74) is 5.83. The van der Waals surface area contributed by atoms with Gasteiger partial charge in [0.2, 0.25) is 5.91 Å². The molecule has 1 amide bonds. The van der Waals surface area contributed by atoms with Crippen molar-refractivity contribution in [2.24, 2.45) is 17.1 Å². The fourth-order valence-corrected chi connectivity index (χ4v) is 1.93. The topological polar surface area (TPSA) is 46.3 Å². The number of hydrogen-bond donors (Lipinski definition) is 1. The van der Waals surface area contributed by atoms with Crippen molar-refractivity contribution in [2.45, 2.75) is 46.6 Å². The molecule has 1 aliphatic rings. The van der Waals surface area contributed by atoms with Crippen molar-refractivity contribution in [3.05, 3.63) is 0 Å². The highest BCUT2D eigenvalue weighted by molar-refractivity contribution is 5.82. The summed E-state index contributed by atoms with van der Waals surface area (Å²) in [5.74, 6) is 0.805. The van der Waals surface area contributed by atoms with Crippen molar-refractivity contribution in [3.8, 4) is 0 Å². The Bertz CT molecular complexity index is 232. The Morgan fingerprint density at radius 2 is 2.13 bits per heavy atom. The second-order valence-corrected chi connectivity index (χ2v) is 5.69. The van der Waals surface area contributed by atoms with E-state index in [-0.39, 0.29) is 17.4 Å². The van der Waals surface area contributed by atoms with Gasteiger partial charge in [-0.05, 0) is 17.8 Å². The van der Waals surface area contributed by atoms with Gasteiger partial charge in [-0.25, -0.2) is 0 Å². The van der Waals surface area contributed by atoms with Crippen LogP contribution in [0.5, 0.6) is 0 Å². The maximum absolute atomic E-state index is 12.1. The standard InChI is InChI=1S/C12H24N2O/c1-5-9-6-7-14(8-9)11(15)10(13)12(2,3)4/h9-10H,5-8,13H2,1-4H3. The van der Waals surface area contributed by atoms with Gasteiger partial charge in [0.1, 0.15) is 0 Å². The van der Waals surface area contributed by atoms with Gasteiger partial charge in [0.05, 0.1) is 6.04 Å². The van der Waals surface area contributed by atoms with E-state index in [4.69, 9.17) is 5.73 Å². The van der Waals surface area contributed by atoms with Crippen molar-refractivity contribution in [1.82, 2.24) is 4.90 Å². The van der Waals surface area contributed by atoms with Gasteiger partial charge in [0.15, 0.2) is 0 Å². The third kappa shape index (κ3) is 2.94. The normalized spacial score (nSPS) is 24.3. The number of rotatable bonds is 2. The molecule has 2 unspecified atom stereocenters. The molecule has 2 atom stereocenters. The van der Waals surface area contributed by atoms with Gasteiger partial charge in [-0.3, -0.25) is 4.79 Å². The summed E-state index contributed by atoms with van der Waals surface area (Å²) in [5, 5.41) is 0. The molecule has 0 aliphatic carbocycles. The first kappa shape index (κ1) is 12.5. The fourth-order valence-electron chi connectivity index (χ4n) is 1.93. The van der Waals surface area contributed by atoms with E-state index in [2.05, 4.69) is 6.92 Å². The molecule has 88 valence electrons. The maximum Gasteiger partial charge on any atom is 0.240 e. The van der Waals surface area contributed by atoms with Crippen LogP contribution in [-0.2, 0) is 4.79 Å². The molecule has 0 saturated carbocycles. The van der Waals surface area contributed by atoms with E-state index < -0.39 is 0 Å². The number of amides is 1. The highest BCUT2D eigenvalue weighted by atomic mass is 16.2. The molecule has 0 radical (unpaired) electrons. The summed E-state index contributed by atoms with van der Waals surface area (Å²) >= 11 is 0. The largest absolute Gasteiger partial charge is 0.341 e. The van der Waals surface area contributed by atoms with E-state index in [1.807, 2.05) is 25.7 Å². The van der Waals surface area contributed by atoms with Gasteiger partial charge in [-0.15, -0.1) is 0 Å². The number of carbonyl (C=O) groups excluding carboxylic acids is 1. The minimum absolute atomic E-state index is 0.124. The SMILES string of the molecule is CCC1CCN(C(=O)C(N)C(C)(C)C)C1. The van der Waals surface area contributed by atoms with E-state index in [0.717, 1.165) is 25.9 Å². The van der Waals surface area contributed by atoms with Crippen molar-refractivity contribution in [3.63, 3.8) is 0 Å². The zero-order valence-corrected chi connectivity index (χ0v) is 10.4. The molecule has 0 bridgehead atoms. The lowest BCUT2D eigenvalue weighted by Gasteiger charge is -2.29. The molecule has 0 aromatic heterocycles. The van der Waals surface area contributed by atoms with Crippen LogP contribution in [-0.4, -0.2) is 29.9 Å². The van der Waals surface area contributed by atoms with Crippen LogP contribution in [0.1, 0.15) is 40.5 Å². The minimum Gasteiger partial charge on any atom is -0.341 e. The Morgan fingerprint density at radius 1 is 1.53 bits per heavy atom. The van der Waals surface area contributed by atoms with Gasteiger partial charge in [-0.2, -0.15) is 0 Å². The molecule has 0 aromatic rings. The molecule has 0 spiro atoms. The summed E-state index contributed by atoms with van der Waals surface area (Å²) in [6.45, 7) is 10.0. The predicted molar refractivity (Wildman–Crippen MR) is 62.4 cm³/mol. The quantitative estimate of drug-likeness (QED) is 0.756. The van der Waals surface area contributed by atoms with Crippen molar-refractivity contribution in [1.29, 1.82) is 0 Å². The summed E-state index contributed by atoms with van der Waals surface area (Å²) < 4.78 is 0. The second-order valence-electron chi connectivity index (χ2n) is 5.69. The molecule has 2 N–H and O–H groups in total. The van der Waals surface area contributed by atoms with E-state index >= 15 is 0 Å². The van der Waals surface area contributed by atoms with E-state index in [0.29, 0.717) is 5.92 Å². The Balaban J connectivity index is 2.55. The van der Waals surface area contributed by atoms with Gasteiger partial charge in [0, 0.05) is 13.1 Å². The van der Waals surface area contributed by atoms with Gasteiger partial charge >= 0.3 is 0 Å². The second kappa shape index (κ2) is 4.52. The lowest BCUT2D eigenvalue weighted by molar-refractivity contribution is -0.134. The number of carbonyl (C=O) groups is 1. The van der Waals surface area contributed by atoms with E-state index in [1.165, 1.54) is 0 Å². The van der Waals surface area contributed by atoms with Crippen LogP contribution in [0.25, 0.3) is 0 Å². The number of nitrogens with zero attached hydrogens (tertiary/aromatic N) is 1. The highest BCUT2D eigenvalue weighted by Gasteiger charge is 2.34. The van der Waals surface area contributed by atoms with Gasteiger partial charge in [0.25, 0.3) is 0 Å². The first-order chi connectivity index (χ1) is 6.86. The summed E-state index contributed by atoms with van der Waals surface area (Å²) in [4.78, 5) is 14.0. The molecule has 1 saturated heterocycles. The van der Waals surface area contributed by atoms with Crippen LogP contribution in [0.2, 0.25) is 0 Å². The molecule has 15 heavy (non-hydrogen) atoms. The smallest absolute Gasteiger partial charge is 0.240 e. The molecule has 1 heterocycles. The van der Waals surface area contributed by atoms with Gasteiger partial charge < -0.3 is 10.6 Å². The van der Waals surface area contributed by atoms with Crippen molar-refractivity contribution < 1.29 is 4.79 Å². The Morgan fingerprint density at radius 3 is 2.53 bits per heavy atom. The highest BCUT2D eigenvalue weighted by Crippen LogP contribution is 2.24. The monoisotopic (exact) mass is 212 g/mol. The van der Waals surface area contributed by atoms with Crippen LogP contribution in [0.4, 0.5) is 0 Å². The number of hydrogen-bond acceptors (Lipinski definition) is 2. The first-order valence-electron chi connectivity index (χ1n) is 5.90. The zero-order chi connectivity index (χ0) is 11.6. The lowest BCUT2D eigenvalue weighted by Crippen LogP contribution is -2.49. The maximum atomic E-state index is 12.1.